The van der Waals surface area contributed by atoms with Gasteiger partial charge in [0.25, 0.3) is 0 Å². The molecule has 0 N–H and O–H groups in total. The van der Waals surface area contributed by atoms with Gasteiger partial charge in [-0.05, 0) is 23.1 Å². The Bertz CT molecular complexity index is 430. The van der Waals surface area contributed by atoms with Crippen LogP contribution in [0, 0.1) is 0 Å². The maximum Gasteiger partial charge on any atom is -0.00882 e. The van der Waals surface area contributed by atoms with Crippen LogP contribution in [0.25, 0.3) is 5.57 Å². The van der Waals surface area contributed by atoms with Gasteiger partial charge in [-0.15, -0.1) is 0 Å². The van der Waals surface area contributed by atoms with Gasteiger partial charge in [-0.25, -0.2) is 0 Å². The van der Waals surface area contributed by atoms with E-state index < -0.39 is 0 Å². The van der Waals surface area contributed by atoms with Crippen LogP contribution < -0.4 is 0 Å². The lowest BCUT2D eigenvalue weighted by Crippen LogP contribution is -1.88. The normalized spacial score (nSPS) is 17.6. The number of hydrogen-bond donors (Lipinski definition) is 0. The molecule has 1 aliphatic carbocycles. The van der Waals surface area contributed by atoms with E-state index in [4.69, 9.17) is 0 Å². The molecule has 1 aromatic rings. The summed E-state index contributed by atoms with van der Waals surface area (Å²) < 4.78 is 0. The van der Waals surface area contributed by atoms with Crippen molar-refractivity contribution in [2.75, 3.05) is 0 Å². The van der Waals surface area contributed by atoms with Crippen LogP contribution in [0.5, 0.6) is 0 Å². The van der Waals surface area contributed by atoms with Crippen molar-refractivity contribution in [3.63, 3.8) is 0 Å². The van der Waals surface area contributed by atoms with Gasteiger partial charge >= 0.3 is 0 Å². The van der Waals surface area contributed by atoms with Crippen molar-refractivity contribution < 1.29 is 0 Å². The van der Waals surface area contributed by atoms with Crippen molar-refractivity contribution in [3.8, 4) is 0 Å². The summed E-state index contributed by atoms with van der Waals surface area (Å²) in [5.74, 6) is 0. The summed E-state index contributed by atoms with van der Waals surface area (Å²) >= 11 is 0. The first kappa shape index (κ1) is 9.72. The van der Waals surface area contributed by atoms with E-state index in [-0.39, 0.29) is 0 Å². The fraction of sp³-hybridized carbons (Fsp3) is 0.0667. The number of benzene rings is 1. The molecule has 0 bridgehead atoms. The highest BCUT2D eigenvalue weighted by Crippen LogP contribution is 2.24. The van der Waals surface area contributed by atoms with Crippen LogP contribution in [-0.4, -0.2) is 0 Å². The van der Waals surface area contributed by atoms with Gasteiger partial charge in [0.2, 0.25) is 0 Å². The molecule has 0 radical (unpaired) electrons. The first-order valence-corrected chi connectivity index (χ1v) is 5.16. The summed E-state index contributed by atoms with van der Waals surface area (Å²) in [6.07, 6.45) is 11.4. The Labute approximate surface area is 91.0 Å². The molecule has 1 aliphatic rings. The van der Waals surface area contributed by atoms with E-state index in [9.17, 15) is 0 Å². The Kier molecular flexibility index (Phi) is 2.99. The Hall–Kier alpha value is -1.82. The highest BCUT2D eigenvalue weighted by Gasteiger charge is 2.03. The first-order valence-electron chi connectivity index (χ1n) is 5.16. The van der Waals surface area contributed by atoms with Gasteiger partial charge in [-0.2, -0.15) is 0 Å². The molecular weight excluding hydrogens is 180 g/mol. The number of rotatable bonds is 2. The SMILES string of the molecule is C=C/C(=C1/C=CC=CC1)c1ccccc1. The third-order valence-electron chi connectivity index (χ3n) is 2.52. The van der Waals surface area contributed by atoms with Gasteiger partial charge in [-0.3, -0.25) is 0 Å². The zero-order valence-corrected chi connectivity index (χ0v) is 8.69. The van der Waals surface area contributed by atoms with E-state index >= 15 is 0 Å². The molecule has 74 valence electrons. The number of allylic oxidation sites excluding steroid dienone is 7. The summed E-state index contributed by atoms with van der Waals surface area (Å²) in [6, 6.07) is 10.4. The predicted molar refractivity (Wildman–Crippen MR) is 66.5 cm³/mol. The minimum Gasteiger partial charge on any atom is -0.0984 e. The molecule has 0 aliphatic heterocycles. The molecule has 0 atom stereocenters. The van der Waals surface area contributed by atoms with Crippen molar-refractivity contribution in [2.45, 2.75) is 6.42 Å². The van der Waals surface area contributed by atoms with Crippen LogP contribution in [0.1, 0.15) is 12.0 Å². The molecule has 0 heterocycles. The Morgan fingerprint density at radius 1 is 1.13 bits per heavy atom. The van der Waals surface area contributed by atoms with E-state index in [1.807, 2.05) is 12.1 Å². The third kappa shape index (κ3) is 2.16. The summed E-state index contributed by atoms with van der Waals surface area (Å²) in [4.78, 5) is 0. The lowest BCUT2D eigenvalue weighted by molar-refractivity contribution is 1.27. The topological polar surface area (TPSA) is 0 Å². The average Bonchev–Trinajstić information content (AvgIpc) is 2.33. The Morgan fingerprint density at radius 3 is 2.53 bits per heavy atom. The minimum absolute atomic E-state index is 0.993. The summed E-state index contributed by atoms with van der Waals surface area (Å²) in [6.45, 7) is 3.90. The highest BCUT2D eigenvalue weighted by molar-refractivity contribution is 5.78. The molecule has 1 aromatic carbocycles. The molecule has 0 saturated heterocycles. The van der Waals surface area contributed by atoms with Crippen molar-refractivity contribution in [1.29, 1.82) is 0 Å². The lowest BCUT2D eigenvalue weighted by Gasteiger charge is -2.09. The maximum atomic E-state index is 3.90. The molecule has 0 spiro atoms. The average molecular weight is 194 g/mol. The second-order valence-electron chi connectivity index (χ2n) is 3.50. The zero-order chi connectivity index (χ0) is 10.5. The third-order valence-corrected chi connectivity index (χ3v) is 2.52. The fourth-order valence-electron chi connectivity index (χ4n) is 1.77. The van der Waals surface area contributed by atoms with Crippen molar-refractivity contribution in [3.05, 3.63) is 78.4 Å². The molecule has 0 amide bonds. The van der Waals surface area contributed by atoms with Gasteiger partial charge in [0.1, 0.15) is 0 Å². The Morgan fingerprint density at radius 2 is 1.93 bits per heavy atom. The van der Waals surface area contributed by atoms with Crippen LogP contribution in [-0.2, 0) is 0 Å². The molecule has 0 fully saturated rings. The predicted octanol–water partition coefficient (Wildman–Crippen LogP) is 4.14. The first-order chi connectivity index (χ1) is 7.42. The van der Waals surface area contributed by atoms with E-state index in [0.717, 1.165) is 6.42 Å². The van der Waals surface area contributed by atoms with E-state index in [2.05, 4.69) is 55.1 Å². The highest BCUT2D eigenvalue weighted by atomic mass is 14.1. The minimum atomic E-state index is 0.993. The van der Waals surface area contributed by atoms with Crippen LogP contribution in [0.4, 0.5) is 0 Å². The van der Waals surface area contributed by atoms with Gasteiger partial charge in [0.05, 0.1) is 0 Å². The van der Waals surface area contributed by atoms with Crippen molar-refractivity contribution >= 4 is 5.57 Å². The lowest BCUT2D eigenvalue weighted by atomic mass is 9.95. The van der Waals surface area contributed by atoms with Gasteiger partial charge in [0, 0.05) is 0 Å². The van der Waals surface area contributed by atoms with Gasteiger partial charge in [0.15, 0.2) is 0 Å². The van der Waals surface area contributed by atoms with Gasteiger partial charge < -0.3 is 0 Å². The molecular formula is C15H14. The Balaban J connectivity index is 2.44. The van der Waals surface area contributed by atoms with Crippen LogP contribution in [0.2, 0.25) is 0 Å². The van der Waals surface area contributed by atoms with E-state index in [1.54, 1.807) is 0 Å². The molecule has 0 saturated carbocycles. The van der Waals surface area contributed by atoms with Crippen molar-refractivity contribution in [1.82, 2.24) is 0 Å². The molecule has 15 heavy (non-hydrogen) atoms. The summed E-state index contributed by atoms with van der Waals surface area (Å²) in [7, 11) is 0. The quantitative estimate of drug-likeness (QED) is 0.663. The largest absolute Gasteiger partial charge is 0.0984 e. The number of hydrogen-bond acceptors (Lipinski definition) is 0. The maximum absolute atomic E-state index is 3.90. The monoisotopic (exact) mass is 194 g/mol. The summed E-state index contributed by atoms with van der Waals surface area (Å²) in [5.41, 5.74) is 3.80. The van der Waals surface area contributed by atoms with E-state index in [1.165, 1.54) is 16.7 Å². The second kappa shape index (κ2) is 4.61. The van der Waals surface area contributed by atoms with Crippen molar-refractivity contribution in [2.24, 2.45) is 0 Å². The molecule has 0 aromatic heterocycles. The van der Waals surface area contributed by atoms with Gasteiger partial charge in [-0.1, -0.05) is 67.3 Å². The van der Waals surface area contributed by atoms with Crippen LogP contribution in [0.15, 0.2) is 72.9 Å². The van der Waals surface area contributed by atoms with E-state index in [0.29, 0.717) is 0 Å². The fourth-order valence-corrected chi connectivity index (χ4v) is 1.77. The summed E-state index contributed by atoms with van der Waals surface area (Å²) in [5, 5.41) is 0. The molecule has 0 nitrogen and oxygen atoms in total. The van der Waals surface area contributed by atoms with Crippen LogP contribution in [0.3, 0.4) is 0 Å². The smallest absolute Gasteiger partial charge is 0.00882 e. The standard InChI is InChI=1S/C15H14/c1-2-15(13-9-5-3-6-10-13)14-11-7-4-8-12-14/h2-11H,1,12H2/b15-14+. The zero-order valence-electron chi connectivity index (χ0n) is 8.69. The molecule has 2 rings (SSSR count). The molecule has 0 heteroatoms. The molecule has 0 unspecified atom stereocenters. The second-order valence-corrected chi connectivity index (χ2v) is 3.50. The van der Waals surface area contributed by atoms with Crippen LogP contribution >= 0.6 is 0 Å².